The van der Waals surface area contributed by atoms with E-state index in [0.717, 1.165) is 43.2 Å². The van der Waals surface area contributed by atoms with Gasteiger partial charge in [0.25, 0.3) is 5.91 Å². The smallest absolute Gasteiger partial charge is 0.280 e. The molecule has 0 bridgehead atoms. The molecule has 0 unspecified atom stereocenters. The molecule has 0 atom stereocenters. The summed E-state index contributed by atoms with van der Waals surface area (Å²) in [6.45, 7) is 3.73. The van der Waals surface area contributed by atoms with E-state index in [1.165, 1.54) is 6.07 Å². The molecule has 2 aliphatic rings. The maximum atomic E-state index is 13.0. The van der Waals surface area contributed by atoms with Crippen LogP contribution in [0.3, 0.4) is 0 Å². The second-order valence-electron chi connectivity index (χ2n) is 6.88. The molecule has 1 aromatic carbocycles. The van der Waals surface area contributed by atoms with Crippen molar-refractivity contribution in [1.82, 2.24) is 9.91 Å². The lowest BCUT2D eigenvalue weighted by molar-refractivity contribution is 0.0563. The summed E-state index contributed by atoms with van der Waals surface area (Å²) in [6, 6.07) is 1.24. The predicted molar refractivity (Wildman–Crippen MR) is 103 cm³/mol. The topological polar surface area (TPSA) is 97.5 Å². The van der Waals surface area contributed by atoms with Crippen LogP contribution < -0.4 is 10.5 Å². The van der Waals surface area contributed by atoms with Crippen LogP contribution in [0.4, 0.5) is 5.69 Å². The number of likely N-dealkylation sites (tertiary alicyclic amines) is 1. The molecule has 1 aromatic rings. The molecule has 2 N–H and O–H groups in total. The van der Waals surface area contributed by atoms with Gasteiger partial charge in [-0.2, -0.15) is 5.01 Å². The van der Waals surface area contributed by atoms with Crippen molar-refractivity contribution < 1.29 is 14.3 Å². The number of benzene rings is 1. The Morgan fingerprint density at radius 2 is 2.22 bits per heavy atom. The molecule has 3 rings (SSSR count). The van der Waals surface area contributed by atoms with Crippen LogP contribution >= 0.6 is 11.6 Å². The highest BCUT2D eigenvalue weighted by molar-refractivity contribution is 6.33. The highest BCUT2D eigenvalue weighted by Crippen LogP contribution is 2.39. The number of fused-ring (bicyclic) bond motifs is 1. The first-order valence-electron chi connectivity index (χ1n) is 9.18. The maximum absolute atomic E-state index is 13.0. The molecule has 9 heteroatoms. The normalized spacial score (nSPS) is 17.4. The zero-order valence-electron chi connectivity index (χ0n) is 15.4. The van der Waals surface area contributed by atoms with Gasteiger partial charge in [-0.1, -0.05) is 11.6 Å². The van der Waals surface area contributed by atoms with Crippen molar-refractivity contribution in [2.45, 2.75) is 31.7 Å². The summed E-state index contributed by atoms with van der Waals surface area (Å²) in [6.07, 6.45) is 2.94. The molecular formula is C18H25ClN4O4. The first kappa shape index (κ1) is 19.9. The van der Waals surface area contributed by atoms with E-state index in [1.807, 2.05) is 0 Å². The van der Waals surface area contributed by atoms with Crippen molar-refractivity contribution in [2.24, 2.45) is 5.29 Å². The third-order valence-corrected chi connectivity index (χ3v) is 5.54. The van der Waals surface area contributed by atoms with Crippen LogP contribution in [-0.4, -0.2) is 61.8 Å². The van der Waals surface area contributed by atoms with E-state index in [4.69, 9.17) is 26.8 Å². The molecule has 27 heavy (non-hydrogen) atoms. The third kappa shape index (κ3) is 4.17. The van der Waals surface area contributed by atoms with Crippen LogP contribution in [0.15, 0.2) is 11.4 Å². The van der Waals surface area contributed by atoms with Gasteiger partial charge in [0.05, 0.1) is 34.2 Å². The lowest BCUT2D eigenvalue weighted by atomic mass is 10.0. The molecular weight excluding hydrogens is 372 g/mol. The van der Waals surface area contributed by atoms with Gasteiger partial charge in [0.15, 0.2) is 0 Å². The summed E-state index contributed by atoms with van der Waals surface area (Å²) in [5, 5.41) is 4.36. The summed E-state index contributed by atoms with van der Waals surface area (Å²) in [4.78, 5) is 26.8. The first-order chi connectivity index (χ1) is 13.1. The van der Waals surface area contributed by atoms with Gasteiger partial charge in [0.1, 0.15) is 5.75 Å². The number of methoxy groups -OCH3 is 1. The molecule has 0 radical (unpaired) electrons. The summed E-state index contributed by atoms with van der Waals surface area (Å²) in [5.41, 5.74) is 7.39. The summed E-state index contributed by atoms with van der Waals surface area (Å²) < 4.78 is 10.7. The van der Waals surface area contributed by atoms with E-state index in [1.54, 1.807) is 7.11 Å². The quantitative estimate of drug-likeness (QED) is 0.329. The lowest BCUT2D eigenvalue weighted by Crippen LogP contribution is -2.45. The zero-order valence-corrected chi connectivity index (χ0v) is 16.2. The lowest BCUT2D eigenvalue weighted by Gasteiger charge is -2.34. The van der Waals surface area contributed by atoms with E-state index in [0.29, 0.717) is 42.3 Å². The van der Waals surface area contributed by atoms with Crippen molar-refractivity contribution in [1.29, 1.82) is 0 Å². The van der Waals surface area contributed by atoms with E-state index >= 15 is 0 Å². The van der Waals surface area contributed by atoms with Gasteiger partial charge in [-0.05, 0) is 25.3 Å². The Kier molecular flexibility index (Phi) is 6.51. The second-order valence-corrected chi connectivity index (χ2v) is 7.28. The van der Waals surface area contributed by atoms with Crippen molar-refractivity contribution in [3.63, 3.8) is 0 Å². The number of hydrogen-bond acceptors (Lipinski definition) is 7. The minimum atomic E-state index is -0.483. The second kappa shape index (κ2) is 8.86. The van der Waals surface area contributed by atoms with Crippen LogP contribution in [0.1, 0.15) is 35.2 Å². The maximum Gasteiger partial charge on any atom is 0.280 e. The number of anilines is 1. The Labute approximate surface area is 163 Å². The van der Waals surface area contributed by atoms with Crippen LogP contribution in [0, 0.1) is 4.91 Å². The van der Waals surface area contributed by atoms with Crippen LogP contribution in [-0.2, 0) is 11.2 Å². The monoisotopic (exact) mass is 396 g/mol. The van der Waals surface area contributed by atoms with Gasteiger partial charge in [-0.15, -0.1) is 4.91 Å². The molecule has 1 fully saturated rings. The number of carbonyl (C=O) groups is 1. The van der Waals surface area contributed by atoms with E-state index in [-0.39, 0.29) is 11.6 Å². The van der Waals surface area contributed by atoms with Crippen LogP contribution in [0.2, 0.25) is 5.02 Å². The van der Waals surface area contributed by atoms with Crippen LogP contribution in [0.25, 0.3) is 0 Å². The van der Waals surface area contributed by atoms with Crippen molar-refractivity contribution in [3.8, 4) is 5.75 Å². The minimum Gasteiger partial charge on any atom is -0.492 e. The number of piperidine rings is 1. The predicted octanol–water partition coefficient (Wildman–Crippen LogP) is 2.48. The molecule has 2 aliphatic heterocycles. The first-order valence-corrected chi connectivity index (χ1v) is 9.56. The number of nitrogens with two attached hydrogens (primary N) is 1. The highest BCUT2D eigenvalue weighted by atomic mass is 35.5. The zero-order chi connectivity index (χ0) is 19.4. The Morgan fingerprint density at radius 3 is 2.89 bits per heavy atom. The number of hydrogen-bond donors (Lipinski definition) is 1. The number of halogens is 1. The average Bonchev–Trinajstić information content (AvgIpc) is 3.16. The Morgan fingerprint density at radius 1 is 1.48 bits per heavy atom. The van der Waals surface area contributed by atoms with Gasteiger partial charge < -0.3 is 20.1 Å². The summed E-state index contributed by atoms with van der Waals surface area (Å²) in [7, 11) is 1.69. The van der Waals surface area contributed by atoms with Gasteiger partial charge in [-0.3, -0.25) is 4.79 Å². The number of amides is 1. The number of nitrogen functional groups attached to an aromatic ring is 1. The molecule has 148 valence electrons. The minimum absolute atomic E-state index is 0.234. The molecule has 0 aliphatic carbocycles. The largest absolute Gasteiger partial charge is 0.492 e. The average molecular weight is 397 g/mol. The standard InChI is InChI=1S/C18H25ClN4O4/c1-26-9-2-6-22-7-3-12(4-8-22)23(21-25)18(24)14-11-15(19)16(20)13-5-10-27-17(13)14/h11-12H,2-10,20H2,1H3. The van der Waals surface area contributed by atoms with E-state index in [9.17, 15) is 9.70 Å². The molecule has 1 saturated heterocycles. The van der Waals surface area contributed by atoms with Gasteiger partial charge in [0.2, 0.25) is 0 Å². The molecule has 8 nitrogen and oxygen atoms in total. The fraction of sp³-hybridized carbons (Fsp3) is 0.611. The highest BCUT2D eigenvalue weighted by Gasteiger charge is 2.33. The SMILES string of the molecule is COCCCN1CCC(N(N=O)C(=O)c2cc(Cl)c(N)c3c2OCC3)CC1. The molecule has 0 spiro atoms. The number of carbonyl (C=O) groups excluding carboxylic acids is 1. The Hall–Kier alpha value is -1.90. The van der Waals surface area contributed by atoms with Crippen LogP contribution in [0.5, 0.6) is 5.75 Å². The fourth-order valence-corrected chi connectivity index (χ4v) is 3.96. The third-order valence-electron chi connectivity index (χ3n) is 5.22. The Balaban J connectivity index is 1.70. The molecule has 0 saturated carbocycles. The fourth-order valence-electron chi connectivity index (χ4n) is 3.74. The summed E-state index contributed by atoms with van der Waals surface area (Å²) in [5.74, 6) is -0.0598. The molecule has 1 amide bonds. The van der Waals surface area contributed by atoms with Gasteiger partial charge in [-0.25, -0.2) is 0 Å². The molecule has 0 aromatic heterocycles. The van der Waals surface area contributed by atoms with E-state index in [2.05, 4.69) is 10.2 Å². The number of rotatable bonds is 7. The molecule has 2 heterocycles. The van der Waals surface area contributed by atoms with Gasteiger partial charge >= 0.3 is 0 Å². The van der Waals surface area contributed by atoms with Crippen molar-refractivity contribution >= 4 is 23.2 Å². The summed E-state index contributed by atoms with van der Waals surface area (Å²) >= 11 is 6.18. The van der Waals surface area contributed by atoms with Crippen molar-refractivity contribution in [3.05, 3.63) is 27.1 Å². The Bertz CT molecular complexity index is 707. The number of ether oxygens (including phenoxy) is 2. The van der Waals surface area contributed by atoms with E-state index < -0.39 is 5.91 Å². The number of nitroso groups, excluding NO2 is 1. The van der Waals surface area contributed by atoms with Crippen molar-refractivity contribution in [2.75, 3.05) is 45.7 Å². The van der Waals surface area contributed by atoms with Gasteiger partial charge in [0, 0.05) is 45.3 Å². The number of nitrogens with zero attached hydrogens (tertiary/aromatic N) is 3.